The first-order chi connectivity index (χ1) is 7.68. The number of halogens is 1. The summed E-state index contributed by atoms with van der Waals surface area (Å²) in [6.07, 6.45) is 0.472. The molecule has 4 nitrogen and oxygen atoms in total. The Bertz CT molecular complexity index is 404. The van der Waals surface area contributed by atoms with Crippen LogP contribution in [0.15, 0.2) is 21.2 Å². The largest absolute Gasteiger partial charge is 0.452 e. The molecule has 0 aliphatic carbocycles. The van der Waals surface area contributed by atoms with E-state index in [1.807, 2.05) is 0 Å². The van der Waals surface area contributed by atoms with Gasteiger partial charge in [0.25, 0.3) is 0 Å². The van der Waals surface area contributed by atoms with E-state index in [1.165, 1.54) is 0 Å². The maximum atomic E-state index is 10.2. The minimum Gasteiger partial charge on any atom is -0.452 e. The van der Waals surface area contributed by atoms with Crippen molar-refractivity contribution in [3.63, 3.8) is 0 Å². The summed E-state index contributed by atoms with van der Waals surface area (Å²) >= 11 is 3.17. The lowest BCUT2D eigenvalue weighted by molar-refractivity contribution is -0.0582. The molecule has 1 aromatic heterocycles. The van der Waals surface area contributed by atoms with Gasteiger partial charge in [0, 0.05) is 6.61 Å². The SMILES string of the molecule is N#CC1(C(O)c2ccc(Br)o2)CCCOC1. The van der Waals surface area contributed by atoms with Crippen molar-refractivity contribution in [1.29, 1.82) is 5.26 Å². The highest BCUT2D eigenvalue weighted by Gasteiger charge is 2.42. The second kappa shape index (κ2) is 4.58. The van der Waals surface area contributed by atoms with Gasteiger partial charge in [-0.1, -0.05) is 0 Å². The monoisotopic (exact) mass is 285 g/mol. The second-order valence-corrected chi connectivity index (χ2v) is 4.75. The second-order valence-electron chi connectivity index (χ2n) is 3.97. The summed E-state index contributed by atoms with van der Waals surface area (Å²) < 4.78 is 11.1. The van der Waals surface area contributed by atoms with Crippen LogP contribution in [0.3, 0.4) is 0 Å². The van der Waals surface area contributed by atoms with Gasteiger partial charge in [-0.2, -0.15) is 5.26 Å². The van der Waals surface area contributed by atoms with Crippen molar-refractivity contribution in [2.24, 2.45) is 5.41 Å². The molecule has 1 N–H and O–H groups in total. The van der Waals surface area contributed by atoms with Crippen LogP contribution < -0.4 is 0 Å². The van der Waals surface area contributed by atoms with Gasteiger partial charge in [0.15, 0.2) is 4.67 Å². The zero-order valence-electron chi connectivity index (χ0n) is 8.65. The lowest BCUT2D eigenvalue weighted by Gasteiger charge is -2.33. The van der Waals surface area contributed by atoms with Crippen LogP contribution in [0.25, 0.3) is 0 Å². The third-order valence-corrected chi connectivity index (χ3v) is 3.31. The van der Waals surface area contributed by atoms with E-state index in [0.717, 1.165) is 6.42 Å². The van der Waals surface area contributed by atoms with Gasteiger partial charge in [-0.15, -0.1) is 0 Å². The van der Waals surface area contributed by atoms with Crippen LogP contribution >= 0.6 is 15.9 Å². The summed E-state index contributed by atoms with van der Waals surface area (Å²) in [5.41, 5.74) is -0.879. The first kappa shape index (κ1) is 11.6. The van der Waals surface area contributed by atoms with Crippen LogP contribution in [0, 0.1) is 16.7 Å². The molecule has 0 bridgehead atoms. The van der Waals surface area contributed by atoms with Crippen LogP contribution in [0.4, 0.5) is 0 Å². The third kappa shape index (κ3) is 2.01. The first-order valence-electron chi connectivity index (χ1n) is 5.10. The van der Waals surface area contributed by atoms with Gasteiger partial charge < -0.3 is 14.3 Å². The highest BCUT2D eigenvalue weighted by atomic mass is 79.9. The van der Waals surface area contributed by atoms with Crippen molar-refractivity contribution in [3.05, 3.63) is 22.6 Å². The number of ether oxygens (including phenoxy) is 1. The molecule has 0 aromatic carbocycles. The molecule has 0 radical (unpaired) electrons. The minimum atomic E-state index is -0.941. The molecule has 0 spiro atoms. The van der Waals surface area contributed by atoms with Crippen molar-refractivity contribution in [2.75, 3.05) is 13.2 Å². The number of hydrogen-bond acceptors (Lipinski definition) is 4. The van der Waals surface area contributed by atoms with Crippen molar-refractivity contribution < 1.29 is 14.3 Å². The number of rotatable bonds is 2. The molecule has 1 aliphatic heterocycles. The van der Waals surface area contributed by atoms with E-state index in [4.69, 9.17) is 9.15 Å². The van der Waals surface area contributed by atoms with Crippen LogP contribution in [0.2, 0.25) is 0 Å². The molecule has 1 aromatic rings. The number of nitriles is 1. The predicted octanol–water partition coefficient (Wildman–Crippen LogP) is 2.40. The first-order valence-corrected chi connectivity index (χ1v) is 5.89. The summed E-state index contributed by atoms with van der Waals surface area (Å²) in [6, 6.07) is 5.55. The van der Waals surface area contributed by atoms with E-state index in [0.29, 0.717) is 23.5 Å². The Morgan fingerprint density at radius 1 is 1.56 bits per heavy atom. The molecular weight excluding hydrogens is 274 g/mol. The van der Waals surface area contributed by atoms with E-state index < -0.39 is 11.5 Å². The van der Waals surface area contributed by atoms with Crippen molar-refractivity contribution >= 4 is 15.9 Å². The minimum absolute atomic E-state index is 0.253. The average molecular weight is 286 g/mol. The fraction of sp³-hybridized carbons (Fsp3) is 0.545. The Labute approximate surface area is 102 Å². The highest BCUT2D eigenvalue weighted by Crippen LogP contribution is 2.41. The molecule has 0 amide bonds. The van der Waals surface area contributed by atoms with Gasteiger partial charge in [0.05, 0.1) is 12.7 Å². The highest BCUT2D eigenvalue weighted by molar-refractivity contribution is 9.10. The maximum Gasteiger partial charge on any atom is 0.169 e. The van der Waals surface area contributed by atoms with Gasteiger partial charge in [0.1, 0.15) is 17.3 Å². The number of hydrogen-bond donors (Lipinski definition) is 1. The number of aliphatic hydroxyl groups is 1. The molecule has 0 saturated carbocycles. The number of aliphatic hydroxyl groups excluding tert-OH is 1. The molecule has 2 rings (SSSR count). The molecular formula is C11H12BrNO3. The van der Waals surface area contributed by atoms with E-state index in [2.05, 4.69) is 22.0 Å². The fourth-order valence-electron chi connectivity index (χ4n) is 1.93. The fourth-order valence-corrected chi connectivity index (χ4v) is 2.25. The Kier molecular flexibility index (Phi) is 3.33. The smallest absolute Gasteiger partial charge is 0.169 e. The van der Waals surface area contributed by atoms with Gasteiger partial charge >= 0.3 is 0 Å². The van der Waals surface area contributed by atoms with E-state index in [9.17, 15) is 10.4 Å². The van der Waals surface area contributed by atoms with Crippen LogP contribution in [-0.4, -0.2) is 18.3 Å². The van der Waals surface area contributed by atoms with Gasteiger partial charge in [-0.3, -0.25) is 0 Å². The van der Waals surface area contributed by atoms with Crippen molar-refractivity contribution in [2.45, 2.75) is 18.9 Å². The zero-order chi connectivity index (χ0) is 11.6. The number of furan rings is 1. The molecule has 1 fully saturated rings. The summed E-state index contributed by atoms with van der Waals surface area (Å²) in [5, 5.41) is 19.4. The Hall–Kier alpha value is -0.830. The molecule has 2 unspecified atom stereocenters. The molecule has 1 aliphatic rings. The van der Waals surface area contributed by atoms with Crippen LogP contribution in [0.5, 0.6) is 0 Å². The molecule has 2 heterocycles. The lowest BCUT2D eigenvalue weighted by atomic mass is 9.78. The summed E-state index contributed by atoms with van der Waals surface area (Å²) in [7, 11) is 0. The molecule has 16 heavy (non-hydrogen) atoms. The van der Waals surface area contributed by atoms with E-state index in [1.54, 1.807) is 12.1 Å². The standard InChI is InChI=1S/C11H12BrNO3/c12-9-3-2-8(16-9)10(14)11(6-13)4-1-5-15-7-11/h2-3,10,14H,1,4-5,7H2. The van der Waals surface area contributed by atoms with E-state index in [-0.39, 0.29) is 6.61 Å². The average Bonchev–Trinajstić information content (AvgIpc) is 2.76. The van der Waals surface area contributed by atoms with Crippen molar-refractivity contribution in [1.82, 2.24) is 0 Å². The van der Waals surface area contributed by atoms with Crippen LogP contribution in [0.1, 0.15) is 24.7 Å². The van der Waals surface area contributed by atoms with Gasteiger partial charge in [-0.25, -0.2) is 0 Å². The Morgan fingerprint density at radius 3 is 2.88 bits per heavy atom. The van der Waals surface area contributed by atoms with Crippen LogP contribution in [-0.2, 0) is 4.74 Å². The maximum absolute atomic E-state index is 10.2. The molecule has 2 atom stereocenters. The predicted molar refractivity (Wildman–Crippen MR) is 59.5 cm³/mol. The number of nitrogens with zero attached hydrogens (tertiary/aromatic N) is 1. The Morgan fingerprint density at radius 2 is 2.38 bits per heavy atom. The van der Waals surface area contributed by atoms with Gasteiger partial charge in [-0.05, 0) is 40.9 Å². The summed E-state index contributed by atoms with van der Waals surface area (Å²) in [6.45, 7) is 0.904. The summed E-state index contributed by atoms with van der Waals surface area (Å²) in [5.74, 6) is 0.402. The molecule has 5 heteroatoms. The molecule has 86 valence electrons. The van der Waals surface area contributed by atoms with Crippen molar-refractivity contribution in [3.8, 4) is 6.07 Å². The van der Waals surface area contributed by atoms with Gasteiger partial charge in [0.2, 0.25) is 0 Å². The van der Waals surface area contributed by atoms with E-state index >= 15 is 0 Å². The zero-order valence-corrected chi connectivity index (χ0v) is 10.2. The molecule has 1 saturated heterocycles. The summed E-state index contributed by atoms with van der Waals surface area (Å²) in [4.78, 5) is 0. The normalized spacial score (nSPS) is 27.3. The topological polar surface area (TPSA) is 66.4 Å². The lowest BCUT2D eigenvalue weighted by Crippen LogP contribution is -2.36. The third-order valence-electron chi connectivity index (χ3n) is 2.88. The Balaban J connectivity index is 2.24. The quantitative estimate of drug-likeness (QED) is 0.906.